The number of H-pyrrole nitrogens is 1. The molecule has 0 aliphatic rings. The standard InChI is InChI=1S/C13H13F3N4O/c1-20(12(21)19-11-6-17-18-7-11)8-9-3-2-4-10(5-9)13(14,15)16/h2-7H,8H2,1H3,(H,17,18)(H,19,21). The Morgan fingerprint density at radius 1 is 1.43 bits per heavy atom. The normalized spacial score (nSPS) is 11.2. The third kappa shape index (κ3) is 3.98. The van der Waals surface area contributed by atoms with Crippen LogP contribution < -0.4 is 5.32 Å². The summed E-state index contributed by atoms with van der Waals surface area (Å²) in [5, 5.41) is 8.77. The number of anilines is 1. The third-order valence-corrected chi connectivity index (χ3v) is 2.77. The lowest BCUT2D eigenvalue weighted by Gasteiger charge is -2.18. The molecule has 8 heteroatoms. The van der Waals surface area contributed by atoms with Crippen LogP contribution in [0.1, 0.15) is 11.1 Å². The number of aromatic nitrogens is 2. The summed E-state index contributed by atoms with van der Waals surface area (Å²) in [5.41, 5.74) is 0.147. The maximum atomic E-state index is 12.6. The molecule has 0 saturated heterocycles. The first-order valence-corrected chi connectivity index (χ1v) is 6.03. The van der Waals surface area contributed by atoms with Crippen molar-refractivity contribution in [3.05, 3.63) is 47.8 Å². The highest BCUT2D eigenvalue weighted by molar-refractivity contribution is 5.88. The largest absolute Gasteiger partial charge is 0.416 e. The van der Waals surface area contributed by atoms with E-state index in [1.165, 1.54) is 36.5 Å². The van der Waals surface area contributed by atoms with Gasteiger partial charge >= 0.3 is 12.2 Å². The van der Waals surface area contributed by atoms with Crippen molar-refractivity contribution in [3.8, 4) is 0 Å². The molecule has 0 spiro atoms. The highest BCUT2D eigenvalue weighted by Gasteiger charge is 2.30. The van der Waals surface area contributed by atoms with E-state index >= 15 is 0 Å². The van der Waals surface area contributed by atoms with Crippen molar-refractivity contribution in [1.29, 1.82) is 0 Å². The van der Waals surface area contributed by atoms with Crippen molar-refractivity contribution in [1.82, 2.24) is 15.1 Å². The molecule has 0 atom stereocenters. The molecule has 1 aromatic heterocycles. The number of benzene rings is 1. The number of carbonyl (C=O) groups is 1. The highest BCUT2D eigenvalue weighted by atomic mass is 19.4. The molecule has 0 unspecified atom stereocenters. The first-order valence-electron chi connectivity index (χ1n) is 6.03. The maximum Gasteiger partial charge on any atom is 0.416 e. The third-order valence-electron chi connectivity index (χ3n) is 2.77. The van der Waals surface area contributed by atoms with E-state index in [1.54, 1.807) is 0 Å². The summed E-state index contributed by atoms with van der Waals surface area (Å²) in [6, 6.07) is 4.45. The van der Waals surface area contributed by atoms with Gasteiger partial charge in [0.05, 0.1) is 17.4 Å². The number of hydrogen-bond acceptors (Lipinski definition) is 2. The smallest absolute Gasteiger partial charge is 0.323 e. The van der Waals surface area contributed by atoms with Crippen LogP contribution >= 0.6 is 0 Å². The zero-order valence-corrected chi connectivity index (χ0v) is 11.1. The van der Waals surface area contributed by atoms with Crippen molar-refractivity contribution in [2.24, 2.45) is 0 Å². The number of nitrogens with zero attached hydrogens (tertiary/aromatic N) is 2. The Morgan fingerprint density at radius 2 is 2.19 bits per heavy atom. The summed E-state index contributed by atoms with van der Waals surface area (Å²) >= 11 is 0. The second-order valence-corrected chi connectivity index (χ2v) is 4.47. The molecule has 0 bridgehead atoms. The topological polar surface area (TPSA) is 61.0 Å². The van der Waals surface area contributed by atoms with Crippen molar-refractivity contribution in [3.63, 3.8) is 0 Å². The van der Waals surface area contributed by atoms with Gasteiger partial charge in [-0.1, -0.05) is 12.1 Å². The molecule has 2 amide bonds. The Labute approximate surface area is 118 Å². The van der Waals surface area contributed by atoms with Crippen LogP contribution in [0.4, 0.5) is 23.7 Å². The molecule has 1 heterocycles. The number of carbonyl (C=O) groups excluding carboxylic acids is 1. The number of amides is 2. The van der Waals surface area contributed by atoms with E-state index in [0.29, 0.717) is 11.3 Å². The molecule has 2 aromatic rings. The zero-order chi connectivity index (χ0) is 15.5. The van der Waals surface area contributed by atoms with Gasteiger partial charge in [0.1, 0.15) is 0 Å². The fourth-order valence-electron chi connectivity index (χ4n) is 1.73. The van der Waals surface area contributed by atoms with Crippen LogP contribution in [0.25, 0.3) is 0 Å². The number of aromatic amines is 1. The van der Waals surface area contributed by atoms with E-state index in [1.807, 2.05) is 0 Å². The minimum absolute atomic E-state index is 0.0631. The molecule has 1 aromatic carbocycles. The van der Waals surface area contributed by atoms with Crippen LogP contribution in [-0.2, 0) is 12.7 Å². The first kappa shape index (κ1) is 14.9. The second-order valence-electron chi connectivity index (χ2n) is 4.47. The number of rotatable bonds is 3. The lowest BCUT2D eigenvalue weighted by atomic mass is 10.1. The minimum atomic E-state index is -4.40. The molecule has 0 aliphatic carbocycles. The van der Waals surface area contributed by atoms with Gasteiger partial charge in [0.2, 0.25) is 0 Å². The molecule has 0 aliphatic heterocycles. The summed E-state index contributed by atoms with van der Waals surface area (Å²) in [7, 11) is 1.50. The second kappa shape index (κ2) is 5.86. The van der Waals surface area contributed by atoms with Crippen LogP contribution in [0.3, 0.4) is 0 Å². The first-order chi connectivity index (χ1) is 9.86. The van der Waals surface area contributed by atoms with E-state index in [-0.39, 0.29) is 6.54 Å². The quantitative estimate of drug-likeness (QED) is 0.914. The molecule has 0 saturated carbocycles. The van der Waals surface area contributed by atoms with E-state index < -0.39 is 17.8 Å². The van der Waals surface area contributed by atoms with Gasteiger partial charge in [-0.2, -0.15) is 18.3 Å². The molecule has 0 fully saturated rings. The van der Waals surface area contributed by atoms with Crippen LogP contribution in [0.5, 0.6) is 0 Å². The van der Waals surface area contributed by atoms with Crippen LogP contribution in [-0.4, -0.2) is 28.2 Å². The number of halogens is 3. The minimum Gasteiger partial charge on any atom is -0.323 e. The number of nitrogens with one attached hydrogen (secondary N) is 2. The van der Waals surface area contributed by atoms with Gasteiger partial charge in [-0.05, 0) is 17.7 Å². The lowest BCUT2D eigenvalue weighted by Crippen LogP contribution is -2.30. The summed E-state index contributed by atoms with van der Waals surface area (Å²) < 4.78 is 37.8. The predicted octanol–water partition coefficient (Wildman–Crippen LogP) is 3.09. The Bertz CT molecular complexity index is 610. The highest BCUT2D eigenvalue weighted by Crippen LogP contribution is 2.29. The van der Waals surface area contributed by atoms with E-state index in [0.717, 1.165) is 12.1 Å². The van der Waals surface area contributed by atoms with E-state index in [2.05, 4.69) is 15.5 Å². The monoisotopic (exact) mass is 298 g/mol. The average molecular weight is 298 g/mol. The van der Waals surface area contributed by atoms with Crippen molar-refractivity contribution in [2.75, 3.05) is 12.4 Å². The Balaban J connectivity index is 2.02. The van der Waals surface area contributed by atoms with Gasteiger partial charge < -0.3 is 10.2 Å². The molecule has 112 valence electrons. The molecule has 2 rings (SSSR count). The zero-order valence-electron chi connectivity index (χ0n) is 11.1. The number of hydrogen-bond donors (Lipinski definition) is 2. The molecule has 21 heavy (non-hydrogen) atoms. The van der Waals surface area contributed by atoms with Gasteiger partial charge in [-0.25, -0.2) is 4.79 Å². The van der Waals surface area contributed by atoms with Gasteiger partial charge in [0.15, 0.2) is 0 Å². The van der Waals surface area contributed by atoms with Crippen molar-refractivity contribution in [2.45, 2.75) is 12.7 Å². The summed E-state index contributed by atoms with van der Waals surface area (Å²) in [6.07, 6.45) is -1.47. The Kier molecular flexibility index (Phi) is 4.15. The maximum absolute atomic E-state index is 12.6. The molecular formula is C13H13F3N4O. The van der Waals surface area contributed by atoms with Crippen LogP contribution in [0.15, 0.2) is 36.7 Å². The lowest BCUT2D eigenvalue weighted by molar-refractivity contribution is -0.137. The summed E-state index contributed by atoms with van der Waals surface area (Å²) in [6.45, 7) is 0.0631. The fourth-order valence-corrected chi connectivity index (χ4v) is 1.73. The Hall–Kier alpha value is -2.51. The van der Waals surface area contributed by atoms with Gasteiger partial charge in [-0.15, -0.1) is 0 Å². The fraction of sp³-hybridized carbons (Fsp3) is 0.231. The van der Waals surface area contributed by atoms with Gasteiger partial charge in [0, 0.05) is 19.8 Å². The summed E-state index contributed by atoms with van der Waals surface area (Å²) in [4.78, 5) is 13.1. The van der Waals surface area contributed by atoms with Crippen LogP contribution in [0.2, 0.25) is 0 Å². The van der Waals surface area contributed by atoms with Crippen molar-refractivity contribution >= 4 is 11.7 Å². The van der Waals surface area contributed by atoms with Crippen LogP contribution in [0, 0.1) is 0 Å². The number of alkyl halides is 3. The van der Waals surface area contributed by atoms with Gasteiger partial charge in [-0.3, -0.25) is 5.10 Å². The number of urea groups is 1. The van der Waals surface area contributed by atoms with E-state index in [4.69, 9.17) is 0 Å². The SMILES string of the molecule is CN(Cc1cccc(C(F)(F)F)c1)C(=O)Nc1cn[nH]c1. The van der Waals surface area contributed by atoms with Crippen molar-refractivity contribution < 1.29 is 18.0 Å². The Morgan fingerprint density at radius 3 is 2.81 bits per heavy atom. The molecular weight excluding hydrogens is 285 g/mol. The molecule has 0 radical (unpaired) electrons. The summed E-state index contributed by atoms with van der Waals surface area (Å²) in [5.74, 6) is 0. The van der Waals surface area contributed by atoms with E-state index in [9.17, 15) is 18.0 Å². The average Bonchev–Trinajstić information content (AvgIpc) is 2.91. The predicted molar refractivity (Wildman–Crippen MR) is 70.5 cm³/mol. The molecule has 2 N–H and O–H groups in total. The molecule has 5 nitrogen and oxygen atoms in total. The van der Waals surface area contributed by atoms with Gasteiger partial charge in [0.25, 0.3) is 0 Å².